The molecular formula is C24H33N5O4S. The monoisotopic (exact) mass is 487 g/mol. The van der Waals surface area contributed by atoms with Crippen LogP contribution in [0.1, 0.15) is 70.6 Å². The van der Waals surface area contributed by atoms with Gasteiger partial charge in [-0.15, -0.1) is 10.2 Å². The van der Waals surface area contributed by atoms with Crippen LogP contribution in [-0.2, 0) is 11.2 Å². The van der Waals surface area contributed by atoms with E-state index in [4.69, 9.17) is 18.7 Å². The molecule has 1 aliphatic rings. The Kier molecular flexibility index (Phi) is 7.35. The number of aromatic nitrogens is 5. The quantitative estimate of drug-likeness (QED) is 0.384. The summed E-state index contributed by atoms with van der Waals surface area (Å²) in [6.07, 6.45) is 5.85. The van der Waals surface area contributed by atoms with Crippen molar-refractivity contribution in [1.82, 2.24) is 24.9 Å². The molecule has 0 atom stereocenters. The molecule has 0 amide bonds. The molecular weight excluding hydrogens is 454 g/mol. The zero-order valence-electron chi connectivity index (χ0n) is 20.8. The van der Waals surface area contributed by atoms with Crippen LogP contribution in [0.4, 0.5) is 0 Å². The van der Waals surface area contributed by atoms with E-state index in [1.54, 1.807) is 33.1 Å². The Labute approximate surface area is 204 Å². The van der Waals surface area contributed by atoms with E-state index in [2.05, 4.69) is 45.7 Å². The van der Waals surface area contributed by atoms with Crippen LogP contribution in [0.3, 0.4) is 0 Å². The Hall–Kier alpha value is -2.75. The molecule has 0 aliphatic heterocycles. The van der Waals surface area contributed by atoms with Crippen molar-refractivity contribution in [3.8, 4) is 28.6 Å². The maximum absolute atomic E-state index is 5.57. The van der Waals surface area contributed by atoms with Crippen LogP contribution in [0.25, 0.3) is 11.4 Å². The van der Waals surface area contributed by atoms with Crippen LogP contribution in [0.5, 0.6) is 17.2 Å². The second-order valence-corrected chi connectivity index (χ2v) is 10.4. The molecule has 0 bridgehead atoms. The van der Waals surface area contributed by atoms with E-state index in [0.717, 1.165) is 29.4 Å². The second-order valence-electron chi connectivity index (χ2n) is 9.44. The predicted octanol–water partition coefficient (Wildman–Crippen LogP) is 5.45. The fourth-order valence-electron chi connectivity index (χ4n) is 4.20. The topological polar surface area (TPSA) is 97.3 Å². The Balaban J connectivity index is 1.70. The Morgan fingerprint density at radius 1 is 1.00 bits per heavy atom. The van der Waals surface area contributed by atoms with E-state index in [9.17, 15) is 0 Å². The zero-order valence-corrected chi connectivity index (χ0v) is 21.6. The lowest BCUT2D eigenvalue weighted by molar-refractivity contribution is 0.319. The van der Waals surface area contributed by atoms with E-state index >= 15 is 0 Å². The van der Waals surface area contributed by atoms with Gasteiger partial charge in [0.2, 0.25) is 11.6 Å². The molecule has 3 aromatic rings. The number of hydrogen-bond acceptors (Lipinski definition) is 9. The van der Waals surface area contributed by atoms with Crippen LogP contribution in [0.2, 0.25) is 0 Å². The summed E-state index contributed by atoms with van der Waals surface area (Å²) in [7, 11) is 4.83. The highest BCUT2D eigenvalue weighted by atomic mass is 32.2. The van der Waals surface area contributed by atoms with Gasteiger partial charge in [-0.2, -0.15) is 4.98 Å². The summed E-state index contributed by atoms with van der Waals surface area (Å²) >= 11 is 1.58. The van der Waals surface area contributed by atoms with Crippen LogP contribution < -0.4 is 14.2 Å². The molecule has 1 aromatic carbocycles. The van der Waals surface area contributed by atoms with Crippen molar-refractivity contribution >= 4 is 11.8 Å². The van der Waals surface area contributed by atoms with Crippen LogP contribution in [-0.4, -0.2) is 46.2 Å². The number of thioether (sulfide) groups is 1. The molecule has 1 saturated carbocycles. The van der Waals surface area contributed by atoms with E-state index in [0.29, 0.717) is 40.8 Å². The standard InChI is InChI=1S/C24H33N5O4S/c1-24(2,3)22-25-19(28-33-22)14-34-23-27-26-21(29(23)16-10-8-7-9-11-16)15-12-17(30-4)20(32-6)18(13-15)31-5/h12-13,16H,7-11,14H2,1-6H3. The normalized spacial score (nSPS) is 14.9. The number of benzene rings is 1. The van der Waals surface area contributed by atoms with Crippen molar-refractivity contribution in [1.29, 1.82) is 0 Å². The summed E-state index contributed by atoms with van der Waals surface area (Å²) < 4.78 is 24.4. The summed E-state index contributed by atoms with van der Waals surface area (Å²) in [5.74, 6) is 4.37. The lowest BCUT2D eigenvalue weighted by Crippen LogP contribution is -2.15. The Bertz CT molecular complexity index is 1090. The van der Waals surface area contributed by atoms with Gasteiger partial charge in [0.05, 0.1) is 27.1 Å². The van der Waals surface area contributed by atoms with E-state index in [1.807, 2.05) is 12.1 Å². The fourth-order valence-corrected chi connectivity index (χ4v) is 5.05. The third-order valence-corrected chi connectivity index (χ3v) is 6.91. The highest BCUT2D eigenvalue weighted by Crippen LogP contribution is 2.43. The third-order valence-electron chi connectivity index (χ3n) is 5.97. The summed E-state index contributed by atoms with van der Waals surface area (Å²) in [6, 6.07) is 4.18. The van der Waals surface area contributed by atoms with Gasteiger partial charge in [0.1, 0.15) is 0 Å². The molecule has 0 saturated heterocycles. The lowest BCUT2D eigenvalue weighted by atomic mass is 9.95. The minimum Gasteiger partial charge on any atom is -0.493 e. The summed E-state index contributed by atoms with van der Waals surface area (Å²) in [6.45, 7) is 6.17. The molecule has 0 radical (unpaired) electrons. The SMILES string of the molecule is COc1cc(-c2nnc(SCc3noc(C(C)(C)C)n3)n2C2CCCCC2)cc(OC)c1OC. The number of methoxy groups -OCH3 is 3. The average Bonchev–Trinajstić information content (AvgIpc) is 3.49. The highest BCUT2D eigenvalue weighted by Gasteiger charge is 2.27. The van der Waals surface area contributed by atoms with Gasteiger partial charge in [0.15, 0.2) is 28.3 Å². The van der Waals surface area contributed by atoms with Gasteiger partial charge in [-0.05, 0) is 25.0 Å². The van der Waals surface area contributed by atoms with Crippen LogP contribution >= 0.6 is 11.8 Å². The number of ether oxygens (including phenoxy) is 3. The third kappa shape index (κ3) is 5.01. The minimum absolute atomic E-state index is 0.183. The summed E-state index contributed by atoms with van der Waals surface area (Å²) in [4.78, 5) is 4.57. The number of rotatable bonds is 8. The van der Waals surface area contributed by atoms with Crippen molar-refractivity contribution in [2.75, 3.05) is 21.3 Å². The van der Waals surface area contributed by atoms with Crippen molar-refractivity contribution in [3.05, 3.63) is 23.8 Å². The molecule has 1 fully saturated rings. The van der Waals surface area contributed by atoms with Crippen molar-refractivity contribution < 1.29 is 18.7 Å². The molecule has 34 heavy (non-hydrogen) atoms. The molecule has 184 valence electrons. The van der Waals surface area contributed by atoms with Crippen LogP contribution in [0, 0.1) is 0 Å². The zero-order chi connectivity index (χ0) is 24.3. The van der Waals surface area contributed by atoms with Gasteiger partial charge in [-0.1, -0.05) is 57.0 Å². The molecule has 9 nitrogen and oxygen atoms in total. The number of hydrogen-bond donors (Lipinski definition) is 0. The predicted molar refractivity (Wildman–Crippen MR) is 130 cm³/mol. The van der Waals surface area contributed by atoms with Gasteiger partial charge in [0.25, 0.3) is 0 Å². The van der Waals surface area contributed by atoms with Gasteiger partial charge < -0.3 is 18.7 Å². The van der Waals surface area contributed by atoms with E-state index in [-0.39, 0.29) is 5.41 Å². The van der Waals surface area contributed by atoms with Gasteiger partial charge >= 0.3 is 0 Å². The molecule has 0 unspecified atom stereocenters. The molecule has 0 N–H and O–H groups in total. The first-order valence-electron chi connectivity index (χ1n) is 11.6. The Morgan fingerprint density at radius 2 is 1.68 bits per heavy atom. The smallest absolute Gasteiger partial charge is 0.232 e. The van der Waals surface area contributed by atoms with E-state index < -0.39 is 0 Å². The number of nitrogens with zero attached hydrogens (tertiary/aromatic N) is 5. The lowest BCUT2D eigenvalue weighted by Gasteiger charge is -2.26. The average molecular weight is 488 g/mol. The molecule has 4 rings (SSSR count). The van der Waals surface area contributed by atoms with Gasteiger partial charge in [-0.3, -0.25) is 4.57 Å². The largest absolute Gasteiger partial charge is 0.493 e. The van der Waals surface area contributed by atoms with Crippen LogP contribution in [0.15, 0.2) is 21.8 Å². The minimum atomic E-state index is -0.183. The molecule has 1 aliphatic carbocycles. The summed E-state index contributed by atoms with van der Waals surface area (Å²) in [5.41, 5.74) is 0.687. The van der Waals surface area contributed by atoms with Crippen molar-refractivity contribution in [2.24, 2.45) is 0 Å². The molecule has 10 heteroatoms. The summed E-state index contributed by atoms with van der Waals surface area (Å²) in [5, 5.41) is 14.2. The maximum Gasteiger partial charge on any atom is 0.232 e. The molecule has 0 spiro atoms. The second kappa shape index (κ2) is 10.2. The first-order valence-corrected chi connectivity index (χ1v) is 12.6. The van der Waals surface area contributed by atoms with Gasteiger partial charge in [-0.25, -0.2) is 0 Å². The maximum atomic E-state index is 5.57. The molecule has 2 heterocycles. The van der Waals surface area contributed by atoms with Crippen molar-refractivity contribution in [2.45, 2.75) is 75.2 Å². The van der Waals surface area contributed by atoms with Crippen molar-refractivity contribution in [3.63, 3.8) is 0 Å². The van der Waals surface area contributed by atoms with E-state index in [1.165, 1.54) is 19.3 Å². The molecule has 2 aromatic heterocycles. The first-order chi connectivity index (χ1) is 16.4. The first kappa shape index (κ1) is 24.4. The highest BCUT2D eigenvalue weighted by molar-refractivity contribution is 7.98. The van der Waals surface area contributed by atoms with Gasteiger partial charge in [0, 0.05) is 17.0 Å². The fraction of sp³-hybridized carbons (Fsp3) is 0.583. The Morgan fingerprint density at radius 3 is 2.24 bits per heavy atom.